The summed E-state index contributed by atoms with van der Waals surface area (Å²) < 4.78 is 1.23. The van der Waals surface area contributed by atoms with Crippen molar-refractivity contribution in [3.8, 4) is 0 Å². The van der Waals surface area contributed by atoms with Crippen LogP contribution in [0, 0.1) is 0 Å². The van der Waals surface area contributed by atoms with Gasteiger partial charge in [-0.15, -0.1) is 11.8 Å². The van der Waals surface area contributed by atoms with Gasteiger partial charge in [0, 0.05) is 18.0 Å². The minimum Gasteiger partial charge on any atom is -0.478 e. The average molecular weight is 303 g/mol. The molecule has 0 aliphatic carbocycles. The number of nitrogens with one attached hydrogen (secondary N) is 1. The molecule has 0 spiro atoms. The zero-order chi connectivity index (χ0) is 14.8. The van der Waals surface area contributed by atoms with Crippen LogP contribution in [-0.2, 0) is 5.75 Å². The summed E-state index contributed by atoms with van der Waals surface area (Å²) in [5, 5.41) is 12.1. The summed E-state index contributed by atoms with van der Waals surface area (Å²) in [5.41, 5.74) is 0.475. The summed E-state index contributed by atoms with van der Waals surface area (Å²) >= 11 is 1.30. The maximum Gasteiger partial charge on any atom is 0.335 e. The van der Waals surface area contributed by atoms with Gasteiger partial charge < -0.3 is 5.11 Å². The van der Waals surface area contributed by atoms with Gasteiger partial charge in [-0.2, -0.15) is 4.52 Å². The monoisotopic (exact) mass is 303 g/mol. The summed E-state index contributed by atoms with van der Waals surface area (Å²) in [6.07, 6.45) is 2.82. The Morgan fingerprint density at radius 2 is 2.24 bits per heavy atom. The largest absolute Gasteiger partial charge is 0.478 e. The maximum absolute atomic E-state index is 11.8. The normalized spacial score (nSPS) is 10.9. The number of hydrogen-bond acceptors (Lipinski definition) is 6. The Hall–Kier alpha value is -2.68. The van der Waals surface area contributed by atoms with Crippen molar-refractivity contribution in [2.75, 3.05) is 0 Å². The second-order valence-corrected chi connectivity index (χ2v) is 5.08. The number of thioether (sulfide) groups is 1. The molecule has 0 aliphatic rings. The van der Waals surface area contributed by atoms with Gasteiger partial charge in [-0.25, -0.2) is 19.7 Å². The molecule has 0 aromatic carbocycles. The van der Waals surface area contributed by atoms with Crippen molar-refractivity contribution in [3.05, 3.63) is 52.3 Å². The number of carboxylic acids is 1. The molecule has 0 radical (unpaired) electrons. The maximum atomic E-state index is 11.8. The first kappa shape index (κ1) is 13.3. The summed E-state index contributed by atoms with van der Waals surface area (Å²) in [5.74, 6) is -0.312. The summed E-state index contributed by atoms with van der Waals surface area (Å²) in [7, 11) is 0. The van der Waals surface area contributed by atoms with Crippen LogP contribution in [0.15, 0.2) is 40.5 Å². The molecule has 3 aromatic rings. The molecule has 0 unspecified atom stereocenters. The minimum atomic E-state index is -1.01. The van der Waals surface area contributed by atoms with Gasteiger partial charge in [0.15, 0.2) is 0 Å². The lowest BCUT2D eigenvalue weighted by molar-refractivity contribution is 0.0696. The Morgan fingerprint density at radius 3 is 3.05 bits per heavy atom. The summed E-state index contributed by atoms with van der Waals surface area (Å²) in [6, 6.07) is 4.30. The minimum absolute atomic E-state index is 0.170. The highest BCUT2D eigenvalue weighted by Crippen LogP contribution is 2.20. The van der Waals surface area contributed by atoms with Crippen LogP contribution in [-0.4, -0.2) is 35.6 Å². The van der Waals surface area contributed by atoms with Crippen molar-refractivity contribution in [1.29, 1.82) is 0 Å². The highest BCUT2D eigenvalue weighted by atomic mass is 32.2. The lowest BCUT2D eigenvalue weighted by atomic mass is 10.3. The van der Waals surface area contributed by atoms with Gasteiger partial charge in [0.05, 0.1) is 16.3 Å². The number of aromatic nitrogens is 5. The van der Waals surface area contributed by atoms with E-state index in [2.05, 4.69) is 20.1 Å². The first-order valence-corrected chi connectivity index (χ1v) is 6.86. The number of nitrogens with zero attached hydrogens (tertiary/aromatic N) is 4. The van der Waals surface area contributed by atoms with E-state index in [4.69, 9.17) is 5.11 Å². The van der Waals surface area contributed by atoms with E-state index in [0.717, 1.165) is 0 Å². The van der Waals surface area contributed by atoms with Gasteiger partial charge >= 0.3 is 5.97 Å². The summed E-state index contributed by atoms with van der Waals surface area (Å²) in [6.45, 7) is 0. The van der Waals surface area contributed by atoms with E-state index < -0.39 is 5.97 Å². The molecule has 3 aromatic heterocycles. The molecule has 0 bridgehead atoms. The highest BCUT2D eigenvalue weighted by Gasteiger charge is 2.07. The molecule has 0 saturated carbocycles. The lowest BCUT2D eigenvalue weighted by Crippen LogP contribution is -2.15. The van der Waals surface area contributed by atoms with E-state index in [1.54, 1.807) is 0 Å². The second kappa shape index (κ2) is 5.37. The van der Waals surface area contributed by atoms with Crippen LogP contribution in [0.25, 0.3) is 5.78 Å². The molecule has 0 aliphatic heterocycles. The van der Waals surface area contributed by atoms with Crippen LogP contribution in [0.4, 0.5) is 0 Å². The van der Waals surface area contributed by atoms with Crippen LogP contribution < -0.4 is 5.56 Å². The molecule has 21 heavy (non-hydrogen) atoms. The van der Waals surface area contributed by atoms with Crippen molar-refractivity contribution in [3.63, 3.8) is 0 Å². The van der Waals surface area contributed by atoms with Crippen molar-refractivity contribution in [2.24, 2.45) is 0 Å². The van der Waals surface area contributed by atoms with Crippen LogP contribution in [0.1, 0.15) is 16.1 Å². The predicted octanol–water partition coefficient (Wildman–Crippen LogP) is 0.803. The smallest absolute Gasteiger partial charge is 0.335 e. The Morgan fingerprint density at radius 1 is 1.38 bits per heavy atom. The standard InChI is InChI=1S/C12H9N5O3S/c18-10-4-8(16-12-14-6-15-17(10)12)5-21-9-3-7(11(19)20)1-2-13-9/h1-4,6H,5H2,(H,19,20)(H,14,15,16). The van der Waals surface area contributed by atoms with Crippen molar-refractivity contribution in [1.82, 2.24) is 24.6 Å². The number of fused-ring (bicyclic) bond motifs is 1. The fourth-order valence-corrected chi connectivity index (χ4v) is 2.50. The first-order chi connectivity index (χ1) is 10.1. The third-order valence-electron chi connectivity index (χ3n) is 2.67. The Balaban J connectivity index is 1.81. The van der Waals surface area contributed by atoms with Gasteiger partial charge in [0.2, 0.25) is 0 Å². The van der Waals surface area contributed by atoms with Gasteiger partial charge in [-0.05, 0) is 12.1 Å². The van der Waals surface area contributed by atoms with Gasteiger partial charge in [0.1, 0.15) is 6.33 Å². The number of carbonyl (C=O) groups is 1. The van der Waals surface area contributed by atoms with Crippen LogP contribution in [0.5, 0.6) is 0 Å². The number of hydrogen-bond donors (Lipinski definition) is 2. The number of H-pyrrole nitrogens is 1. The number of rotatable bonds is 4. The number of aromatic amines is 1. The number of carboxylic acid groups (broad SMARTS) is 1. The molecule has 0 amide bonds. The zero-order valence-electron chi connectivity index (χ0n) is 10.6. The molecule has 0 atom stereocenters. The first-order valence-electron chi connectivity index (χ1n) is 5.88. The van der Waals surface area contributed by atoms with E-state index in [-0.39, 0.29) is 11.1 Å². The van der Waals surface area contributed by atoms with E-state index >= 15 is 0 Å². The van der Waals surface area contributed by atoms with Crippen LogP contribution >= 0.6 is 11.8 Å². The quantitative estimate of drug-likeness (QED) is 0.685. The Bertz CT molecular complexity index is 872. The summed E-state index contributed by atoms with van der Waals surface area (Å²) in [4.78, 5) is 34.9. The van der Waals surface area contributed by atoms with Crippen LogP contribution in [0.2, 0.25) is 0 Å². The molecule has 0 saturated heterocycles. The molecular weight excluding hydrogens is 294 g/mol. The number of pyridine rings is 1. The third-order valence-corrected chi connectivity index (χ3v) is 3.63. The molecule has 0 fully saturated rings. The van der Waals surface area contributed by atoms with E-state index in [1.807, 2.05) is 0 Å². The Labute approximate surface area is 121 Å². The topological polar surface area (TPSA) is 113 Å². The molecule has 3 rings (SSSR count). The van der Waals surface area contributed by atoms with Crippen LogP contribution in [0.3, 0.4) is 0 Å². The predicted molar refractivity (Wildman–Crippen MR) is 74.4 cm³/mol. The third kappa shape index (κ3) is 2.77. The van der Waals surface area contributed by atoms with Crippen molar-refractivity contribution in [2.45, 2.75) is 10.8 Å². The lowest BCUT2D eigenvalue weighted by Gasteiger charge is -2.02. The molecule has 3 heterocycles. The van der Waals surface area contributed by atoms with Gasteiger partial charge in [-0.3, -0.25) is 9.89 Å². The molecule has 2 N–H and O–H groups in total. The van der Waals surface area contributed by atoms with E-state index in [9.17, 15) is 9.59 Å². The SMILES string of the molecule is O=C(O)c1ccnc(SCc2cc(=O)n3[nH]cnc3n2)c1. The fourth-order valence-electron chi connectivity index (χ4n) is 1.71. The molecular formula is C12H9N5O3S. The van der Waals surface area contributed by atoms with Gasteiger partial charge in [-0.1, -0.05) is 0 Å². The Kier molecular flexibility index (Phi) is 3.40. The van der Waals surface area contributed by atoms with E-state index in [0.29, 0.717) is 22.3 Å². The van der Waals surface area contributed by atoms with E-state index in [1.165, 1.54) is 47.0 Å². The fraction of sp³-hybridized carbons (Fsp3) is 0.0833. The van der Waals surface area contributed by atoms with Crippen molar-refractivity contribution >= 4 is 23.5 Å². The molecule has 9 heteroatoms. The molecule has 8 nitrogen and oxygen atoms in total. The number of aromatic carboxylic acids is 1. The average Bonchev–Trinajstić information content (AvgIpc) is 2.94. The second-order valence-electron chi connectivity index (χ2n) is 4.09. The molecule has 106 valence electrons. The highest BCUT2D eigenvalue weighted by molar-refractivity contribution is 7.98. The van der Waals surface area contributed by atoms with Crippen molar-refractivity contribution < 1.29 is 9.90 Å². The van der Waals surface area contributed by atoms with Gasteiger partial charge in [0.25, 0.3) is 11.3 Å². The zero-order valence-corrected chi connectivity index (χ0v) is 11.4.